The standard InChI is InChI=1S/C19H20N2/c1-13-6-7-16(11-14(13)2)19(20-3)17-8-9-18-15(12-17)5-4-10-21-18/h4-12,19-20H,1-3H3. The van der Waals surface area contributed by atoms with Gasteiger partial charge >= 0.3 is 0 Å². The van der Waals surface area contributed by atoms with Crippen LogP contribution < -0.4 is 5.32 Å². The number of nitrogens with zero attached hydrogens (tertiary/aromatic N) is 1. The largest absolute Gasteiger partial charge is 0.309 e. The number of aryl methyl sites for hydroxylation is 2. The number of pyridine rings is 1. The maximum absolute atomic E-state index is 4.39. The van der Waals surface area contributed by atoms with Gasteiger partial charge in [0.15, 0.2) is 0 Å². The van der Waals surface area contributed by atoms with E-state index in [1.807, 2.05) is 19.3 Å². The van der Waals surface area contributed by atoms with Gasteiger partial charge in [-0.25, -0.2) is 0 Å². The fraction of sp³-hybridized carbons (Fsp3) is 0.211. The van der Waals surface area contributed by atoms with Gasteiger partial charge in [-0.3, -0.25) is 4.98 Å². The molecule has 0 saturated carbocycles. The molecule has 0 bridgehead atoms. The number of nitrogens with one attached hydrogen (secondary N) is 1. The molecule has 2 aromatic carbocycles. The van der Waals surface area contributed by atoms with Crippen molar-refractivity contribution in [2.24, 2.45) is 0 Å². The number of fused-ring (bicyclic) bond motifs is 1. The van der Waals surface area contributed by atoms with Gasteiger partial charge in [0, 0.05) is 11.6 Å². The van der Waals surface area contributed by atoms with Crippen molar-refractivity contribution in [3.63, 3.8) is 0 Å². The zero-order valence-electron chi connectivity index (χ0n) is 12.7. The summed E-state index contributed by atoms with van der Waals surface area (Å²) in [4.78, 5) is 4.39. The summed E-state index contributed by atoms with van der Waals surface area (Å²) < 4.78 is 0. The van der Waals surface area contributed by atoms with E-state index in [-0.39, 0.29) is 6.04 Å². The molecule has 0 fully saturated rings. The summed E-state index contributed by atoms with van der Waals surface area (Å²) in [5.41, 5.74) is 6.26. The molecule has 2 nitrogen and oxygen atoms in total. The average molecular weight is 276 g/mol. The lowest BCUT2D eigenvalue weighted by molar-refractivity contribution is 0.692. The van der Waals surface area contributed by atoms with Crippen LogP contribution in [0, 0.1) is 13.8 Å². The molecule has 0 aliphatic rings. The van der Waals surface area contributed by atoms with E-state index in [0.717, 1.165) is 5.52 Å². The lowest BCUT2D eigenvalue weighted by atomic mass is 9.95. The number of rotatable bonds is 3. The lowest BCUT2D eigenvalue weighted by Crippen LogP contribution is -2.17. The first kappa shape index (κ1) is 13.8. The minimum Gasteiger partial charge on any atom is -0.309 e. The van der Waals surface area contributed by atoms with E-state index < -0.39 is 0 Å². The normalized spacial score (nSPS) is 12.5. The number of hydrogen-bond acceptors (Lipinski definition) is 2. The van der Waals surface area contributed by atoms with Gasteiger partial charge < -0.3 is 5.32 Å². The minimum absolute atomic E-state index is 0.203. The predicted molar refractivity (Wildman–Crippen MR) is 88.6 cm³/mol. The molecular weight excluding hydrogens is 256 g/mol. The number of hydrogen-bond donors (Lipinski definition) is 1. The van der Waals surface area contributed by atoms with E-state index in [4.69, 9.17) is 0 Å². The minimum atomic E-state index is 0.203. The van der Waals surface area contributed by atoms with Crippen LogP contribution in [0.2, 0.25) is 0 Å². The van der Waals surface area contributed by atoms with E-state index in [1.54, 1.807) is 0 Å². The Balaban J connectivity index is 2.06. The summed E-state index contributed by atoms with van der Waals surface area (Å²) in [5.74, 6) is 0. The maximum atomic E-state index is 4.39. The van der Waals surface area contributed by atoms with Crippen LogP contribution in [-0.2, 0) is 0 Å². The summed E-state index contributed by atoms with van der Waals surface area (Å²) in [5, 5.41) is 4.61. The van der Waals surface area contributed by atoms with Crippen molar-refractivity contribution < 1.29 is 0 Å². The molecule has 1 atom stereocenters. The van der Waals surface area contributed by atoms with Gasteiger partial charge in [0.2, 0.25) is 0 Å². The zero-order chi connectivity index (χ0) is 14.8. The first-order valence-corrected chi connectivity index (χ1v) is 7.28. The maximum Gasteiger partial charge on any atom is 0.0702 e. The Morgan fingerprint density at radius 1 is 0.905 bits per heavy atom. The topological polar surface area (TPSA) is 24.9 Å². The summed E-state index contributed by atoms with van der Waals surface area (Å²) in [6, 6.07) is 17.4. The van der Waals surface area contributed by atoms with Crippen LogP contribution in [0.25, 0.3) is 10.9 Å². The van der Waals surface area contributed by atoms with Crippen LogP contribution in [0.5, 0.6) is 0 Å². The third-order valence-electron chi connectivity index (χ3n) is 4.11. The SMILES string of the molecule is CNC(c1ccc(C)c(C)c1)c1ccc2ncccc2c1. The molecular formula is C19H20N2. The van der Waals surface area contributed by atoms with Crippen molar-refractivity contribution in [2.45, 2.75) is 19.9 Å². The van der Waals surface area contributed by atoms with E-state index in [2.05, 4.69) is 66.6 Å². The van der Waals surface area contributed by atoms with Crippen molar-refractivity contribution in [3.8, 4) is 0 Å². The van der Waals surface area contributed by atoms with E-state index in [9.17, 15) is 0 Å². The number of benzene rings is 2. The molecule has 0 aliphatic carbocycles. The van der Waals surface area contributed by atoms with Crippen LogP contribution >= 0.6 is 0 Å². The third-order valence-corrected chi connectivity index (χ3v) is 4.11. The first-order valence-electron chi connectivity index (χ1n) is 7.28. The quantitative estimate of drug-likeness (QED) is 0.777. The molecule has 3 aromatic rings. The van der Waals surface area contributed by atoms with Crippen molar-refractivity contribution in [3.05, 3.63) is 77.0 Å². The Bertz CT molecular complexity index is 777. The molecule has 2 heteroatoms. The number of aromatic nitrogens is 1. The smallest absolute Gasteiger partial charge is 0.0702 e. The molecule has 1 unspecified atom stereocenters. The molecule has 1 heterocycles. The van der Waals surface area contributed by atoms with Crippen molar-refractivity contribution in [1.82, 2.24) is 10.3 Å². The Kier molecular flexibility index (Phi) is 3.72. The van der Waals surface area contributed by atoms with E-state index in [1.165, 1.54) is 27.6 Å². The highest BCUT2D eigenvalue weighted by Gasteiger charge is 2.13. The molecule has 3 rings (SSSR count). The Morgan fingerprint density at radius 2 is 1.67 bits per heavy atom. The van der Waals surface area contributed by atoms with Gasteiger partial charge in [0.05, 0.1) is 11.6 Å². The van der Waals surface area contributed by atoms with Gasteiger partial charge in [0.25, 0.3) is 0 Å². The van der Waals surface area contributed by atoms with Crippen molar-refractivity contribution in [1.29, 1.82) is 0 Å². The highest BCUT2D eigenvalue weighted by molar-refractivity contribution is 5.79. The lowest BCUT2D eigenvalue weighted by Gasteiger charge is -2.19. The summed E-state index contributed by atoms with van der Waals surface area (Å²) >= 11 is 0. The fourth-order valence-electron chi connectivity index (χ4n) is 2.74. The molecule has 0 saturated heterocycles. The van der Waals surface area contributed by atoms with Crippen molar-refractivity contribution >= 4 is 10.9 Å². The summed E-state index contributed by atoms with van der Waals surface area (Å²) in [6.45, 7) is 4.31. The summed E-state index contributed by atoms with van der Waals surface area (Å²) in [6.07, 6.45) is 1.83. The van der Waals surface area contributed by atoms with Crippen LogP contribution in [-0.4, -0.2) is 12.0 Å². The molecule has 0 radical (unpaired) electrons. The third kappa shape index (κ3) is 2.67. The van der Waals surface area contributed by atoms with Crippen molar-refractivity contribution in [2.75, 3.05) is 7.05 Å². The monoisotopic (exact) mass is 276 g/mol. The highest BCUT2D eigenvalue weighted by Crippen LogP contribution is 2.26. The zero-order valence-corrected chi connectivity index (χ0v) is 12.7. The highest BCUT2D eigenvalue weighted by atomic mass is 14.9. The van der Waals surface area contributed by atoms with E-state index in [0.29, 0.717) is 0 Å². The summed E-state index contributed by atoms with van der Waals surface area (Å²) in [7, 11) is 2.01. The second kappa shape index (κ2) is 5.66. The van der Waals surface area contributed by atoms with Crippen LogP contribution in [0.3, 0.4) is 0 Å². The van der Waals surface area contributed by atoms with Gasteiger partial charge in [-0.15, -0.1) is 0 Å². The van der Waals surface area contributed by atoms with E-state index >= 15 is 0 Å². The molecule has 0 aliphatic heterocycles. The Morgan fingerprint density at radius 3 is 2.43 bits per heavy atom. The van der Waals surface area contributed by atoms with Crippen LogP contribution in [0.4, 0.5) is 0 Å². The first-order chi connectivity index (χ1) is 10.2. The molecule has 0 amide bonds. The second-order valence-electron chi connectivity index (χ2n) is 5.52. The van der Waals surface area contributed by atoms with Gasteiger partial charge in [-0.2, -0.15) is 0 Å². The fourth-order valence-corrected chi connectivity index (χ4v) is 2.74. The van der Waals surface area contributed by atoms with Gasteiger partial charge in [-0.05, 0) is 61.3 Å². The molecule has 1 N–H and O–H groups in total. The molecule has 0 spiro atoms. The molecule has 21 heavy (non-hydrogen) atoms. The molecule has 106 valence electrons. The van der Waals surface area contributed by atoms with Gasteiger partial charge in [-0.1, -0.05) is 30.3 Å². The molecule has 1 aromatic heterocycles. The average Bonchev–Trinajstić information content (AvgIpc) is 2.51. The van der Waals surface area contributed by atoms with Crippen LogP contribution in [0.15, 0.2) is 54.7 Å². The second-order valence-corrected chi connectivity index (χ2v) is 5.52. The Hall–Kier alpha value is -2.19. The van der Waals surface area contributed by atoms with Gasteiger partial charge in [0.1, 0.15) is 0 Å². The Labute approximate surface area is 125 Å². The van der Waals surface area contributed by atoms with Crippen LogP contribution in [0.1, 0.15) is 28.3 Å². The predicted octanol–water partition coefficient (Wildman–Crippen LogP) is 4.16.